The summed E-state index contributed by atoms with van der Waals surface area (Å²) in [6.07, 6.45) is 0.945. The monoisotopic (exact) mass is 603 g/mol. The van der Waals surface area contributed by atoms with E-state index in [9.17, 15) is 0 Å². The molecule has 4 aromatic carbocycles. The zero-order chi connectivity index (χ0) is 24.6. The molecule has 5 aliphatic rings. The van der Waals surface area contributed by atoms with Crippen LogP contribution in [0.2, 0.25) is 0 Å². The fourth-order valence-corrected chi connectivity index (χ4v) is 14.1. The van der Waals surface area contributed by atoms with E-state index in [1.807, 2.05) is 12.1 Å². The Hall–Kier alpha value is -2.24. The van der Waals surface area contributed by atoms with E-state index in [0.717, 1.165) is 14.5 Å². The molecule has 1 aromatic heterocycles. The Morgan fingerprint density at radius 3 is 2.46 bits per heavy atom. The third kappa shape index (κ3) is 2.59. The summed E-state index contributed by atoms with van der Waals surface area (Å²) in [5.41, 5.74) is 10.4. The maximum absolute atomic E-state index is 16.1. The van der Waals surface area contributed by atoms with Gasteiger partial charge in [-0.25, -0.2) is 0 Å². The summed E-state index contributed by atoms with van der Waals surface area (Å²) >= 11 is -3.14. The van der Waals surface area contributed by atoms with Crippen molar-refractivity contribution in [2.75, 3.05) is 0 Å². The van der Waals surface area contributed by atoms with Gasteiger partial charge in [0.15, 0.2) is 0 Å². The van der Waals surface area contributed by atoms with Gasteiger partial charge in [0.25, 0.3) is 0 Å². The second-order valence-electron chi connectivity index (χ2n) is 11.1. The Morgan fingerprint density at radius 1 is 0.919 bits per heavy atom. The van der Waals surface area contributed by atoms with Gasteiger partial charge in [0.05, 0.1) is 0 Å². The van der Waals surface area contributed by atoms with Gasteiger partial charge < -0.3 is 0 Å². The molecule has 2 nitrogen and oxygen atoms in total. The zero-order valence-electron chi connectivity index (χ0n) is 20.5. The fraction of sp³-hybridized carbons (Fsp3) is 0.111. The predicted molar refractivity (Wildman–Crippen MR) is 170 cm³/mol. The summed E-state index contributed by atoms with van der Waals surface area (Å²) in [5, 5.41) is 2.26. The Balaban J connectivity index is 1.42. The number of fused-ring (bicyclic) bond motifs is 8. The van der Waals surface area contributed by atoms with Crippen LogP contribution in [0.4, 0.5) is 2.86 Å². The van der Waals surface area contributed by atoms with Crippen LogP contribution in [-0.4, -0.2) is 37.8 Å². The third-order valence-corrected chi connectivity index (χ3v) is 15.8. The van der Waals surface area contributed by atoms with E-state index < -0.39 is 28.1 Å². The van der Waals surface area contributed by atoms with Gasteiger partial charge in [-0.3, -0.25) is 0 Å². The van der Waals surface area contributed by atoms with E-state index in [1.165, 1.54) is 44.1 Å². The average Bonchev–Trinajstić information content (AvgIpc) is 3.22. The molecule has 171 valence electrons. The van der Waals surface area contributed by atoms with Gasteiger partial charge in [-0.2, -0.15) is 0 Å². The standard InChI is InChI=1S/C27H19B5FIN2P/c1-27(2)17-8-3-4-9-19(17)30-20-10-5-6-12-22(20)36-23-13-7-11-21(34(33)35-37-31-28-32(37)29-31)24(23)16-14-15-18(27)25(30)26(16)36/h3-15H,1-2H3. The molecular weight excluding hydrogens is 583 g/mol. The van der Waals surface area contributed by atoms with Gasteiger partial charge in [-0.15, -0.1) is 0 Å². The number of hydrogen-bond acceptors (Lipinski definition) is 1. The molecule has 5 aliphatic heterocycles. The van der Waals surface area contributed by atoms with Gasteiger partial charge in [-0.1, -0.05) is 0 Å². The van der Waals surface area contributed by atoms with Crippen molar-refractivity contribution in [3.8, 4) is 5.69 Å². The molecule has 10 rings (SSSR count). The van der Waals surface area contributed by atoms with Crippen molar-refractivity contribution < 1.29 is 2.86 Å². The van der Waals surface area contributed by atoms with Crippen molar-refractivity contribution in [1.82, 2.24) is 4.57 Å². The maximum atomic E-state index is 16.1. The van der Waals surface area contributed by atoms with Gasteiger partial charge in [-0.05, 0) is 0 Å². The van der Waals surface area contributed by atoms with Crippen molar-refractivity contribution >= 4 is 99.6 Å². The summed E-state index contributed by atoms with van der Waals surface area (Å²) in [4.78, 5) is 0. The number of para-hydroxylation sites is 1. The van der Waals surface area contributed by atoms with Crippen molar-refractivity contribution in [1.29, 1.82) is 0 Å². The van der Waals surface area contributed by atoms with Crippen LogP contribution < -0.4 is 16.4 Å². The molecule has 0 amide bonds. The van der Waals surface area contributed by atoms with E-state index in [1.54, 1.807) is 0 Å². The van der Waals surface area contributed by atoms with E-state index in [0.29, 0.717) is 12.4 Å². The van der Waals surface area contributed by atoms with Gasteiger partial charge in [0.2, 0.25) is 0 Å². The molecule has 3 fully saturated rings. The Kier molecular flexibility index (Phi) is 4.24. The van der Waals surface area contributed by atoms with Crippen molar-refractivity contribution in [3.05, 3.63) is 93.6 Å². The number of hydrogen-bond donors (Lipinski definition) is 0. The van der Waals surface area contributed by atoms with Crippen molar-refractivity contribution in [2.24, 2.45) is 2.96 Å². The Morgan fingerprint density at radius 2 is 1.68 bits per heavy atom. The van der Waals surface area contributed by atoms with Crippen LogP contribution >= 0.6 is 28.1 Å². The average molecular weight is 602 g/mol. The first kappa shape index (κ1) is 21.7. The molecule has 0 unspecified atom stereocenters. The van der Waals surface area contributed by atoms with Crippen LogP contribution in [0.15, 0.2) is 81.8 Å². The molecule has 3 saturated heterocycles. The molecule has 0 aliphatic carbocycles. The second kappa shape index (κ2) is 7.24. The van der Waals surface area contributed by atoms with Crippen LogP contribution in [0.5, 0.6) is 0 Å². The van der Waals surface area contributed by atoms with Crippen LogP contribution in [0, 0.1) is 3.57 Å². The Bertz CT molecular complexity index is 1870. The van der Waals surface area contributed by atoms with Crippen LogP contribution in [0.3, 0.4) is 0 Å². The topological polar surface area (TPSA) is 17.3 Å². The molecule has 0 N–H and O–H groups in total. The minimum absolute atomic E-state index is 0.109. The summed E-state index contributed by atoms with van der Waals surface area (Å²) in [7, 11) is 4.13. The first-order valence-corrected chi connectivity index (χ1v) is 17.2. The van der Waals surface area contributed by atoms with Crippen LogP contribution in [-0.2, 0) is 5.41 Å². The number of nitrogens with zero attached hydrogens (tertiary/aromatic N) is 2. The molecule has 0 saturated carbocycles. The van der Waals surface area contributed by atoms with Crippen molar-refractivity contribution in [2.45, 2.75) is 19.3 Å². The minimum atomic E-state index is -3.14. The quantitative estimate of drug-likeness (QED) is 0.154. The molecule has 5 aromatic rings. The second-order valence-corrected chi connectivity index (χ2v) is 17.0. The molecule has 3 radical (unpaired) electrons. The number of rotatable bonds is 2. The molecule has 10 heteroatoms. The predicted octanol–water partition coefficient (Wildman–Crippen LogP) is 4.80. The molecule has 6 heterocycles. The fourth-order valence-electron chi connectivity index (χ4n) is 7.18. The van der Waals surface area contributed by atoms with Crippen LogP contribution in [0.25, 0.3) is 27.5 Å². The van der Waals surface area contributed by atoms with E-state index in [-0.39, 0.29) is 12.1 Å². The first-order valence-electron chi connectivity index (χ1n) is 12.9. The van der Waals surface area contributed by atoms with E-state index >= 15 is 2.86 Å². The van der Waals surface area contributed by atoms with E-state index in [2.05, 4.69) is 99.3 Å². The zero-order valence-corrected chi connectivity index (χ0v) is 23.5. The molecule has 2 bridgehead atoms. The number of benzene rings is 4. The third-order valence-electron chi connectivity index (χ3n) is 9.06. The molecule has 37 heavy (non-hydrogen) atoms. The Labute approximate surface area is 227 Å². The SMILES string of the molecule is CC1(C)c2ccccc2B2c3ccccc3-n3c4cccc(I(F)N=[P+]5B6[B]B5[B-]6)c4c4ccc1c2c43. The van der Waals surface area contributed by atoms with E-state index in [4.69, 9.17) is 2.96 Å². The van der Waals surface area contributed by atoms with Gasteiger partial charge >= 0.3 is 228 Å². The summed E-state index contributed by atoms with van der Waals surface area (Å²) in [5.74, 6) is 0. The van der Waals surface area contributed by atoms with Crippen LogP contribution in [0.1, 0.15) is 25.0 Å². The summed E-state index contributed by atoms with van der Waals surface area (Å²) in [6, 6.07) is 28.6. The normalized spacial score (nSPS) is 17.6. The van der Waals surface area contributed by atoms with Gasteiger partial charge in [0.1, 0.15) is 0 Å². The molecule has 0 spiro atoms. The summed E-state index contributed by atoms with van der Waals surface area (Å²) < 4.78 is 24.3. The molecular formula is C27H19B5FIN2P. The first-order chi connectivity index (χ1) is 18.0. The number of aromatic nitrogens is 1. The molecule has 0 atom stereocenters. The van der Waals surface area contributed by atoms with Gasteiger partial charge in [0, 0.05) is 0 Å². The number of halogens is 2. The van der Waals surface area contributed by atoms with Crippen molar-refractivity contribution in [3.63, 3.8) is 0 Å². The summed E-state index contributed by atoms with van der Waals surface area (Å²) in [6.45, 7) is 4.88.